The maximum Gasteiger partial charge on any atom is 0.0808 e. The standard InChI is InChI=1S/C17H31NO3/c1-2-3-6-15(19)13-18-10-8-16(9-11-18)21-14-17-7-4-5-12-20-17/h2,15-17,19H,1,3-14H2. The fraction of sp³-hybridized carbons (Fsp3) is 0.882. The molecule has 0 aromatic carbocycles. The van der Waals surface area contributed by atoms with E-state index in [4.69, 9.17) is 9.47 Å². The highest BCUT2D eigenvalue weighted by atomic mass is 16.5. The summed E-state index contributed by atoms with van der Waals surface area (Å²) in [6, 6.07) is 0. The number of likely N-dealkylation sites (tertiary alicyclic amines) is 1. The van der Waals surface area contributed by atoms with Crippen molar-refractivity contribution >= 4 is 0 Å². The minimum absolute atomic E-state index is 0.226. The van der Waals surface area contributed by atoms with Gasteiger partial charge in [-0.3, -0.25) is 0 Å². The molecule has 0 spiro atoms. The van der Waals surface area contributed by atoms with Gasteiger partial charge in [0.25, 0.3) is 0 Å². The lowest BCUT2D eigenvalue weighted by Gasteiger charge is -2.34. The monoisotopic (exact) mass is 297 g/mol. The second-order valence-corrected chi connectivity index (χ2v) is 6.34. The van der Waals surface area contributed by atoms with Gasteiger partial charge < -0.3 is 19.5 Å². The SMILES string of the molecule is C=CCCC(O)CN1CCC(OCC2CCCCO2)CC1. The zero-order chi connectivity index (χ0) is 14.9. The van der Waals surface area contributed by atoms with Gasteiger partial charge in [0.2, 0.25) is 0 Å². The van der Waals surface area contributed by atoms with E-state index < -0.39 is 0 Å². The maximum absolute atomic E-state index is 9.93. The lowest BCUT2D eigenvalue weighted by atomic mass is 10.1. The Hall–Kier alpha value is -0.420. The molecule has 2 saturated heterocycles. The van der Waals surface area contributed by atoms with Crippen molar-refractivity contribution in [2.75, 3.05) is 32.8 Å². The van der Waals surface area contributed by atoms with E-state index in [1.807, 2.05) is 6.08 Å². The molecule has 4 heteroatoms. The molecule has 0 aromatic heterocycles. The highest BCUT2D eigenvalue weighted by Gasteiger charge is 2.23. The number of piperidine rings is 1. The van der Waals surface area contributed by atoms with Crippen molar-refractivity contribution in [3.05, 3.63) is 12.7 Å². The molecule has 21 heavy (non-hydrogen) atoms. The van der Waals surface area contributed by atoms with E-state index in [2.05, 4.69) is 11.5 Å². The lowest BCUT2D eigenvalue weighted by molar-refractivity contribution is -0.0764. The first-order chi connectivity index (χ1) is 10.3. The number of hydrogen-bond donors (Lipinski definition) is 1. The Labute approximate surface area is 129 Å². The average Bonchev–Trinajstić information content (AvgIpc) is 2.53. The Morgan fingerprint density at radius 1 is 1.29 bits per heavy atom. The van der Waals surface area contributed by atoms with Gasteiger partial charge in [0.1, 0.15) is 0 Å². The van der Waals surface area contributed by atoms with Crippen molar-refractivity contribution in [2.24, 2.45) is 0 Å². The normalized spacial score (nSPS) is 26.6. The van der Waals surface area contributed by atoms with Crippen LogP contribution in [0.5, 0.6) is 0 Å². The predicted molar refractivity (Wildman–Crippen MR) is 84.4 cm³/mol. The third-order valence-corrected chi connectivity index (χ3v) is 4.50. The highest BCUT2D eigenvalue weighted by Crippen LogP contribution is 2.18. The third kappa shape index (κ3) is 6.47. The van der Waals surface area contributed by atoms with E-state index in [0.29, 0.717) is 12.2 Å². The van der Waals surface area contributed by atoms with Gasteiger partial charge in [0.05, 0.1) is 24.9 Å². The molecule has 2 heterocycles. The topological polar surface area (TPSA) is 41.9 Å². The van der Waals surface area contributed by atoms with E-state index in [1.54, 1.807) is 0 Å². The molecule has 2 unspecified atom stereocenters. The molecule has 1 N–H and O–H groups in total. The molecule has 0 aromatic rings. The lowest BCUT2D eigenvalue weighted by Crippen LogP contribution is -2.41. The minimum Gasteiger partial charge on any atom is -0.392 e. The van der Waals surface area contributed by atoms with Crippen molar-refractivity contribution in [1.82, 2.24) is 4.90 Å². The van der Waals surface area contributed by atoms with Crippen LogP contribution in [0.1, 0.15) is 44.9 Å². The summed E-state index contributed by atoms with van der Waals surface area (Å²) in [6.07, 6.45) is 9.80. The van der Waals surface area contributed by atoms with Crippen molar-refractivity contribution in [1.29, 1.82) is 0 Å². The number of hydrogen-bond acceptors (Lipinski definition) is 4. The Morgan fingerprint density at radius 3 is 2.76 bits per heavy atom. The number of aliphatic hydroxyl groups excluding tert-OH is 1. The summed E-state index contributed by atoms with van der Waals surface area (Å²) in [4.78, 5) is 2.35. The van der Waals surface area contributed by atoms with Crippen LogP contribution in [0.4, 0.5) is 0 Å². The molecule has 4 nitrogen and oxygen atoms in total. The summed E-state index contributed by atoms with van der Waals surface area (Å²) in [5, 5.41) is 9.93. The van der Waals surface area contributed by atoms with Crippen LogP contribution < -0.4 is 0 Å². The van der Waals surface area contributed by atoms with Crippen molar-refractivity contribution in [3.8, 4) is 0 Å². The molecule has 122 valence electrons. The Bertz CT molecular complexity index is 284. The van der Waals surface area contributed by atoms with Gasteiger partial charge >= 0.3 is 0 Å². The number of nitrogens with zero attached hydrogens (tertiary/aromatic N) is 1. The van der Waals surface area contributed by atoms with Gasteiger partial charge in [-0.2, -0.15) is 0 Å². The summed E-state index contributed by atoms with van der Waals surface area (Å²) in [5.41, 5.74) is 0. The molecular weight excluding hydrogens is 266 g/mol. The minimum atomic E-state index is -0.226. The van der Waals surface area contributed by atoms with Crippen LogP contribution in [0, 0.1) is 0 Å². The molecular formula is C17H31NO3. The highest BCUT2D eigenvalue weighted by molar-refractivity contribution is 4.77. The zero-order valence-electron chi connectivity index (χ0n) is 13.2. The second kappa shape index (κ2) is 9.57. The van der Waals surface area contributed by atoms with E-state index in [9.17, 15) is 5.11 Å². The Balaban J connectivity index is 1.56. The van der Waals surface area contributed by atoms with Crippen LogP contribution in [-0.4, -0.2) is 61.2 Å². The largest absolute Gasteiger partial charge is 0.392 e. The van der Waals surface area contributed by atoms with E-state index in [0.717, 1.165) is 65.0 Å². The zero-order valence-corrected chi connectivity index (χ0v) is 13.2. The van der Waals surface area contributed by atoms with Crippen molar-refractivity contribution in [2.45, 2.75) is 63.3 Å². The smallest absolute Gasteiger partial charge is 0.0808 e. The molecule has 2 fully saturated rings. The van der Waals surface area contributed by atoms with Gasteiger partial charge in [-0.1, -0.05) is 6.08 Å². The molecule has 0 radical (unpaired) electrons. The number of allylic oxidation sites excluding steroid dienone is 1. The molecule has 0 aliphatic carbocycles. The van der Waals surface area contributed by atoms with Gasteiger partial charge in [0.15, 0.2) is 0 Å². The molecule has 0 bridgehead atoms. The number of rotatable bonds is 8. The first-order valence-corrected chi connectivity index (χ1v) is 8.52. The molecule has 2 atom stereocenters. The summed E-state index contributed by atoms with van der Waals surface area (Å²) in [7, 11) is 0. The third-order valence-electron chi connectivity index (χ3n) is 4.50. The number of aliphatic hydroxyl groups is 1. The molecule has 2 aliphatic rings. The van der Waals surface area contributed by atoms with Crippen LogP contribution in [0.3, 0.4) is 0 Å². The quantitative estimate of drug-likeness (QED) is 0.698. The summed E-state index contributed by atoms with van der Waals surface area (Å²) in [6.45, 7) is 8.19. The second-order valence-electron chi connectivity index (χ2n) is 6.34. The summed E-state index contributed by atoms with van der Waals surface area (Å²) < 4.78 is 11.7. The maximum atomic E-state index is 9.93. The Morgan fingerprint density at radius 2 is 2.10 bits per heavy atom. The number of β-amino-alcohol motifs (C(OH)–C–C–N with tert-alkyl or cyclic N) is 1. The number of ether oxygens (including phenoxy) is 2. The average molecular weight is 297 g/mol. The van der Waals surface area contributed by atoms with Crippen molar-refractivity contribution < 1.29 is 14.6 Å². The van der Waals surface area contributed by atoms with Gasteiger partial charge in [-0.05, 0) is 44.9 Å². The molecule has 2 rings (SSSR count). The van der Waals surface area contributed by atoms with Crippen molar-refractivity contribution in [3.63, 3.8) is 0 Å². The summed E-state index contributed by atoms with van der Waals surface area (Å²) in [5.74, 6) is 0. The fourth-order valence-electron chi connectivity index (χ4n) is 3.14. The Kier molecular flexibility index (Phi) is 7.72. The fourth-order valence-corrected chi connectivity index (χ4v) is 3.14. The first kappa shape index (κ1) is 16.9. The van der Waals surface area contributed by atoms with Crippen LogP contribution in [0.25, 0.3) is 0 Å². The van der Waals surface area contributed by atoms with Gasteiger partial charge in [-0.15, -0.1) is 6.58 Å². The molecule has 2 aliphatic heterocycles. The van der Waals surface area contributed by atoms with E-state index in [1.165, 1.54) is 12.8 Å². The van der Waals surface area contributed by atoms with Crippen LogP contribution >= 0.6 is 0 Å². The molecule has 0 amide bonds. The van der Waals surface area contributed by atoms with Gasteiger partial charge in [-0.25, -0.2) is 0 Å². The first-order valence-electron chi connectivity index (χ1n) is 8.52. The van der Waals surface area contributed by atoms with Crippen LogP contribution in [-0.2, 0) is 9.47 Å². The van der Waals surface area contributed by atoms with Crippen LogP contribution in [0.15, 0.2) is 12.7 Å². The van der Waals surface area contributed by atoms with Gasteiger partial charge in [0, 0.05) is 26.2 Å². The molecule has 0 saturated carbocycles. The van der Waals surface area contributed by atoms with Crippen LogP contribution in [0.2, 0.25) is 0 Å². The summed E-state index contributed by atoms with van der Waals surface area (Å²) >= 11 is 0. The predicted octanol–water partition coefficient (Wildman–Crippen LogP) is 2.36. The van der Waals surface area contributed by atoms with E-state index >= 15 is 0 Å². The van der Waals surface area contributed by atoms with E-state index in [-0.39, 0.29) is 6.10 Å².